The Hall–Kier alpha value is -2.22. The number of hydrogen-bond donors (Lipinski definition) is 2. The summed E-state index contributed by atoms with van der Waals surface area (Å²) in [6.45, 7) is 4.47. The summed E-state index contributed by atoms with van der Waals surface area (Å²) in [5, 5.41) is 13.7. The standard InChI is InChI=1S/C21H26N2O4S/c1-3-23(4-2)28(26,27)18-11-9-17(10-12-18)20(24)22-15-21(25)14-13-16-7-5-6-8-19(16)21/h5-12,25H,3-4,13-15H2,1-2H3,(H,22,24). The maximum Gasteiger partial charge on any atom is 0.251 e. The van der Waals surface area contributed by atoms with Crippen LogP contribution in [-0.2, 0) is 22.0 Å². The van der Waals surface area contributed by atoms with Gasteiger partial charge in [-0.1, -0.05) is 38.1 Å². The zero-order chi connectivity index (χ0) is 20.4. The van der Waals surface area contributed by atoms with Crippen LogP contribution in [0.5, 0.6) is 0 Å². The number of aliphatic hydroxyl groups is 1. The van der Waals surface area contributed by atoms with Gasteiger partial charge in [-0.3, -0.25) is 4.79 Å². The van der Waals surface area contributed by atoms with E-state index in [1.807, 2.05) is 24.3 Å². The maximum absolute atomic E-state index is 12.5. The predicted molar refractivity (Wildman–Crippen MR) is 108 cm³/mol. The summed E-state index contributed by atoms with van der Waals surface area (Å²) >= 11 is 0. The lowest BCUT2D eigenvalue weighted by atomic mass is 9.96. The summed E-state index contributed by atoms with van der Waals surface area (Å²) in [5.41, 5.74) is 1.24. The van der Waals surface area contributed by atoms with Crippen molar-refractivity contribution in [3.05, 3.63) is 65.2 Å². The van der Waals surface area contributed by atoms with Crippen molar-refractivity contribution in [1.82, 2.24) is 9.62 Å². The normalized spacial score (nSPS) is 18.9. The van der Waals surface area contributed by atoms with Gasteiger partial charge in [-0.25, -0.2) is 8.42 Å². The van der Waals surface area contributed by atoms with Gasteiger partial charge in [-0.2, -0.15) is 4.31 Å². The second-order valence-corrected chi connectivity index (χ2v) is 8.92. The van der Waals surface area contributed by atoms with E-state index in [1.165, 1.54) is 28.6 Å². The van der Waals surface area contributed by atoms with Gasteiger partial charge < -0.3 is 10.4 Å². The molecule has 0 saturated heterocycles. The van der Waals surface area contributed by atoms with Gasteiger partial charge in [0.2, 0.25) is 10.0 Å². The molecule has 6 nitrogen and oxygen atoms in total. The molecule has 0 aliphatic heterocycles. The fourth-order valence-corrected chi connectivity index (χ4v) is 5.13. The molecule has 0 spiro atoms. The number of nitrogens with zero attached hydrogens (tertiary/aromatic N) is 1. The van der Waals surface area contributed by atoms with Crippen molar-refractivity contribution < 1.29 is 18.3 Å². The van der Waals surface area contributed by atoms with Gasteiger partial charge in [-0.05, 0) is 48.2 Å². The van der Waals surface area contributed by atoms with Crippen LogP contribution in [0.2, 0.25) is 0 Å². The Morgan fingerprint density at radius 1 is 1.11 bits per heavy atom. The fraction of sp³-hybridized carbons (Fsp3) is 0.381. The molecule has 0 radical (unpaired) electrons. The van der Waals surface area contributed by atoms with E-state index in [0.29, 0.717) is 25.1 Å². The minimum absolute atomic E-state index is 0.113. The number of sulfonamides is 1. The molecule has 2 aromatic rings. The van der Waals surface area contributed by atoms with Gasteiger partial charge in [0.05, 0.1) is 11.4 Å². The first-order valence-electron chi connectivity index (χ1n) is 9.51. The van der Waals surface area contributed by atoms with E-state index >= 15 is 0 Å². The number of aryl methyl sites for hydroxylation is 1. The van der Waals surface area contributed by atoms with E-state index in [9.17, 15) is 18.3 Å². The van der Waals surface area contributed by atoms with E-state index < -0.39 is 15.6 Å². The highest BCUT2D eigenvalue weighted by atomic mass is 32.2. The molecule has 1 unspecified atom stereocenters. The minimum atomic E-state index is -3.55. The first-order valence-corrected chi connectivity index (χ1v) is 10.9. The molecule has 2 N–H and O–H groups in total. The molecule has 1 aliphatic carbocycles. The highest BCUT2D eigenvalue weighted by Crippen LogP contribution is 2.36. The van der Waals surface area contributed by atoms with Crippen LogP contribution < -0.4 is 5.32 Å². The van der Waals surface area contributed by atoms with Crippen LogP contribution in [0.15, 0.2) is 53.4 Å². The summed E-state index contributed by atoms with van der Waals surface area (Å²) < 4.78 is 26.4. The number of benzene rings is 2. The van der Waals surface area contributed by atoms with Crippen LogP contribution in [0, 0.1) is 0 Å². The third kappa shape index (κ3) is 3.83. The molecule has 0 aromatic heterocycles. The molecule has 0 bridgehead atoms. The number of nitrogens with one attached hydrogen (secondary N) is 1. The first kappa shape index (κ1) is 20.5. The number of fused-ring (bicyclic) bond motifs is 1. The Morgan fingerprint density at radius 3 is 2.39 bits per heavy atom. The molecule has 2 aromatic carbocycles. The van der Waals surface area contributed by atoms with Crippen LogP contribution in [0.3, 0.4) is 0 Å². The SMILES string of the molecule is CCN(CC)S(=O)(=O)c1ccc(C(=O)NCC2(O)CCc3ccccc32)cc1. The Labute approximate surface area is 166 Å². The molecule has 1 aliphatic rings. The Morgan fingerprint density at radius 2 is 1.75 bits per heavy atom. The van der Waals surface area contributed by atoms with Crippen LogP contribution in [0.1, 0.15) is 41.8 Å². The zero-order valence-electron chi connectivity index (χ0n) is 16.2. The summed E-state index contributed by atoms with van der Waals surface area (Å²) in [5.74, 6) is -0.343. The molecule has 150 valence electrons. The van der Waals surface area contributed by atoms with Gasteiger partial charge in [0.1, 0.15) is 5.60 Å². The molecule has 0 fully saturated rings. The number of amides is 1. The summed E-state index contributed by atoms with van der Waals surface area (Å²) in [6.07, 6.45) is 1.34. The number of rotatable bonds is 7. The molecule has 3 rings (SSSR count). The molecular formula is C21H26N2O4S. The predicted octanol–water partition coefficient (Wildman–Crippen LogP) is 2.28. The largest absolute Gasteiger partial charge is 0.383 e. The maximum atomic E-state index is 12.5. The second-order valence-electron chi connectivity index (χ2n) is 6.99. The van der Waals surface area contributed by atoms with Crippen molar-refractivity contribution in [2.45, 2.75) is 37.2 Å². The molecule has 0 saturated carbocycles. The van der Waals surface area contributed by atoms with E-state index in [4.69, 9.17) is 0 Å². The summed E-state index contributed by atoms with van der Waals surface area (Å²) in [6, 6.07) is 13.6. The van der Waals surface area contributed by atoms with Crippen LogP contribution >= 0.6 is 0 Å². The monoisotopic (exact) mass is 402 g/mol. The highest BCUT2D eigenvalue weighted by Gasteiger charge is 2.36. The van der Waals surface area contributed by atoms with Crippen LogP contribution in [-0.4, -0.2) is 43.4 Å². The first-order chi connectivity index (χ1) is 13.3. The second kappa shape index (κ2) is 8.03. The van der Waals surface area contributed by atoms with E-state index in [-0.39, 0.29) is 17.3 Å². The van der Waals surface area contributed by atoms with Crippen molar-refractivity contribution in [3.8, 4) is 0 Å². The average Bonchev–Trinajstić information content (AvgIpc) is 3.04. The molecular weight excluding hydrogens is 376 g/mol. The summed E-state index contributed by atoms with van der Waals surface area (Å²) in [4.78, 5) is 12.6. The lowest BCUT2D eigenvalue weighted by Crippen LogP contribution is -2.39. The van der Waals surface area contributed by atoms with Crippen molar-refractivity contribution in [3.63, 3.8) is 0 Å². The Balaban J connectivity index is 1.69. The van der Waals surface area contributed by atoms with Crippen molar-refractivity contribution in [2.24, 2.45) is 0 Å². The molecule has 7 heteroatoms. The molecule has 0 heterocycles. The number of carbonyl (C=O) groups excluding carboxylic acids is 1. The third-order valence-corrected chi connectivity index (χ3v) is 7.39. The van der Waals surface area contributed by atoms with Gasteiger partial charge in [-0.15, -0.1) is 0 Å². The van der Waals surface area contributed by atoms with Crippen molar-refractivity contribution in [1.29, 1.82) is 0 Å². The minimum Gasteiger partial charge on any atom is -0.383 e. The molecule has 1 amide bonds. The highest BCUT2D eigenvalue weighted by molar-refractivity contribution is 7.89. The lowest BCUT2D eigenvalue weighted by molar-refractivity contribution is 0.0369. The average molecular weight is 403 g/mol. The van der Waals surface area contributed by atoms with Crippen molar-refractivity contribution >= 4 is 15.9 Å². The van der Waals surface area contributed by atoms with Gasteiger partial charge in [0.15, 0.2) is 0 Å². The van der Waals surface area contributed by atoms with Gasteiger partial charge >= 0.3 is 0 Å². The lowest BCUT2D eigenvalue weighted by Gasteiger charge is -2.24. The number of carbonyl (C=O) groups is 1. The third-order valence-electron chi connectivity index (χ3n) is 5.33. The van der Waals surface area contributed by atoms with Gasteiger partial charge in [0.25, 0.3) is 5.91 Å². The molecule has 28 heavy (non-hydrogen) atoms. The van der Waals surface area contributed by atoms with E-state index in [1.54, 1.807) is 13.8 Å². The van der Waals surface area contributed by atoms with Crippen LogP contribution in [0.4, 0.5) is 0 Å². The van der Waals surface area contributed by atoms with Crippen molar-refractivity contribution in [2.75, 3.05) is 19.6 Å². The van der Waals surface area contributed by atoms with E-state index in [2.05, 4.69) is 5.32 Å². The van der Waals surface area contributed by atoms with E-state index in [0.717, 1.165) is 17.5 Å². The quantitative estimate of drug-likeness (QED) is 0.744. The topological polar surface area (TPSA) is 86.7 Å². The number of hydrogen-bond acceptors (Lipinski definition) is 4. The summed E-state index contributed by atoms with van der Waals surface area (Å²) in [7, 11) is -3.55. The zero-order valence-corrected chi connectivity index (χ0v) is 17.0. The Kier molecular flexibility index (Phi) is 5.88. The van der Waals surface area contributed by atoms with Crippen LogP contribution in [0.25, 0.3) is 0 Å². The van der Waals surface area contributed by atoms with Gasteiger partial charge in [0, 0.05) is 18.7 Å². The Bertz CT molecular complexity index is 953. The smallest absolute Gasteiger partial charge is 0.251 e. The fourth-order valence-electron chi connectivity index (χ4n) is 3.67. The molecule has 1 atom stereocenters.